The minimum absolute atomic E-state index is 0.115. The Balaban J connectivity index is 1.75. The molecule has 3 aromatic rings. The fourth-order valence-electron chi connectivity index (χ4n) is 2.94. The third-order valence-corrected chi connectivity index (χ3v) is 4.35. The smallest absolute Gasteiger partial charge is 0.274 e. The molecule has 3 heterocycles. The monoisotopic (exact) mass is 365 g/mol. The van der Waals surface area contributed by atoms with Crippen LogP contribution in [-0.4, -0.2) is 64.2 Å². The zero-order valence-corrected chi connectivity index (χ0v) is 14.9. The van der Waals surface area contributed by atoms with E-state index in [9.17, 15) is 4.79 Å². The molecule has 1 aliphatic rings. The van der Waals surface area contributed by atoms with Crippen molar-refractivity contribution in [2.45, 2.75) is 0 Å². The van der Waals surface area contributed by atoms with E-state index in [-0.39, 0.29) is 5.91 Å². The molecular formula is C19H19N5O3. The Morgan fingerprint density at radius 1 is 1.07 bits per heavy atom. The molecule has 1 aromatic carbocycles. The van der Waals surface area contributed by atoms with Gasteiger partial charge in [0, 0.05) is 24.7 Å². The summed E-state index contributed by atoms with van der Waals surface area (Å²) in [6.07, 6.45) is 0. The maximum Gasteiger partial charge on any atom is 0.274 e. The normalized spacial score (nSPS) is 14.2. The summed E-state index contributed by atoms with van der Waals surface area (Å²) in [5.41, 5.74) is 2.07. The highest BCUT2D eigenvalue weighted by atomic mass is 16.5. The predicted molar refractivity (Wildman–Crippen MR) is 97.9 cm³/mol. The van der Waals surface area contributed by atoms with Crippen LogP contribution < -0.4 is 4.74 Å². The number of morpholine rings is 1. The van der Waals surface area contributed by atoms with Gasteiger partial charge in [-0.05, 0) is 12.1 Å². The second-order valence-electron chi connectivity index (χ2n) is 6.03. The number of hydrogen-bond acceptors (Lipinski definition) is 6. The number of aromatic nitrogens is 4. The van der Waals surface area contributed by atoms with Crippen molar-refractivity contribution < 1.29 is 14.3 Å². The number of carbonyl (C=O) groups excluding carboxylic acids is 1. The molecule has 0 spiro atoms. The summed E-state index contributed by atoms with van der Waals surface area (Å²) < 4.78 is 12.0. The van der Waals surface area contributed by atoms with Crippen LogP contribution in [0.25, 0.3) is 17.1 Å². The largest absolute Gasteiger partial charge is 0.480 e. The van der Waals surface area contributed by atoms with Gasteiger partial charge >= 0.3 is 0 Å². The van der Waals surface area contributed by atoms with Crippen molar-refractivity contribution in [1.82, 2.24) is 24.9 Å². The standard InChI is InChI=1S/C19H19N5O3/c1-26-18-8-7-17(20-21-18)24-16(14-5-3-2-4-6-14)13-15(22-24)19(25)23-9-11-27-12-10-23/h2-8,13H,9-12H2,1H3. The molecule has 0 aliphatic carbocycles. The molecule has 0 N–H and O–H groups in total. The number of hydrogen-bond donors (Lipinski definition) is 0. The fourth-order valence-corrected chi connectivity index (χ4v) is 2.94. The number of nitrogens with zero attached hydrogens (tertiary/aromatic N) is 5. The Hall–Kier alpha value is -3.26. The number of methoxy groups -OCH3 is 1. The lowest BCUT2D eigenvalue weighted by Crippen LogP contribution is -2.40. The molecule has 138 valence electrons. The first kappa shape index (κ1) is 17.2. The highest BCUT2D eigenvalue weighted by molar-refractivity contribution is 5.93. The first-order chi connectivity index (χ1) is 13.3. The third kappa shape index (κ3) is 3.52. The van der Waals surface area contributed by atoms with Crippen LogP contribution in [0, 0.1) is 0 Å². The highest BCUT2D eigenvalue weighted by Crippen LogP contribution is 2.24. The van der Waals surface area contributed by atoms with Gasteiger partial charge in [-0.25, -0.2) is 4.68 Å². The van der Waals surface area contributed by atoms with Gasteiger partial charge in [-0.1, -0.05) is 30.3 Å². The maximum atomic E-state index is 12.9. The number of rotatable bonds is 4. The summed E-state index contributed by atoms with van der Waals surface area (Å²) in [5.74, 6) is 0.808. The summed E-state index contributed by atoms with van der Waals surface area (Å²) in [7, 11) is 1.53. The van der Waals surface area contributed by atoms with E-state index in [1.807, 2.05) is 30.3 Å². The first-order valence-electron chi connectivity index (χ1n) is 8.67. The molecule has 0 bridgehead atoms. The van der Waals surface area contributed by atoms with Gasteiger partial charge in [-0.3, -0.25) is 4.79 Å². The van der Waals surface area contributed by atoms with Gasteiger partial charge in [0.05, 0.1) is 26.0 Å². The number of carbonyl (C=O) groups is 1. The van der Waals surface area contributed by atoms with Crippen LogP contribution in [0.1, 0.15) is 10.5 Å². The Labute approximate surface area is 156 Å². The molecule has 0 atom stereocenters. The Morgan fingerprint density at radius 2 is 1.85 bits per heavy atom. The summed E-state index contributed by atoms with van der Waals surface area (Å²) >= 11 is 0. The molecule has 8 heteroatoms. The van der Waals surface area contributed by atoms with E-state index < -0.39 is 0 Å². The van der Waals surface area contributed by atoms with Gasteiger partial charge in [-0.2, -0.15) is 5.10 Å². The average molecular weight is 365 g/mol. The van der Waals surface area contributed by atoms with Gasteiger partial charge in [0.1, 0.15) is 0 Å². The lowest BCUT2D eigenvalue weighted by atomic mass is 10.1. The maximum absolute atomic E-state index is 12.9. The summed E-state index contributed by atoms with van der Waals surface area (Å²) in [6.45, 7) is 2.22. The van der Waals surface area contributed by atoms with Crippen LogP contribution in [0.5, 0.6) is 5.88 Å². The van der Waals surface area contributed by atoms with Crippen molar-refractivity contribution in [3.8, 4) is 23.0 Å². The van der Waals surface area contributed by atoms with Crippen molar-refractivity contribution >= 4 is 5.91 Å². The van der Waals surface area contributed by atoms with Crippen LogP contribution in [0.2, 0.25) is 0 Å². The van der Waals surface area contributed by atoms with E-state index in [0.29, 0.717) is 43.7 Å². The molecule has 1 aliphatic heterocycles. The summed E-state index contributed by atoms with van der Waals surface area (Å²) in [5, 5.41) is 12.7. The topological polar surface area (TPSA) is 82.4 Å². The van der Waals surface area contributed by atoms with E-state index in [2.05, 4.69) is 15.3 Å². The zero-order chi connectivity index (χ0) is 18.6. The van der Waals surface area contributed by atoms with Crippen LogP contribution >= 0.6 is 0 Å². The van der Waals surface area contributed by atoms with Crippen LogP contribution in [0.3, 0.4) is 0 Å². The van der Waals surface area contributed by atoms with Gasteiger partial charge < -0.3 is 14.4 Å². The Kier molecular flexibility index (Phi) is 4.80. The number of ether oxygens (including phenoxy) is 2. The second kappa shape index (κ2) is 7.55. The van der Waals surface area contributed by atoms with E-state index in [0.717, 1.165) is 11.3 Å². The molecule has 27 heavy (non-hydrogen) atoms. The van der Waals surface area contributed by atoms with Crippen molar-refractivity contribution in [2.75, 3.05) is 33.4 Å². The molecule has 0 saturated carbocycles. The molecule has 2 aromatic heterocycles. The summed E-state index contributed by atoms with van der Waals surface area (Å²) in [6, 6.07) is 15.0. The number of amides is 1. The predicted octanol–water partition coefficient (Wildman–Crippen LogP) is 1.81. The first-order valence-corrected chi connectivity index (χ1v) is 8.67. The van der Waals surface area contributed by atoms with Crippen LogP contribution in [-0.2, 0) is 4.74 Å². The lowest BCUT2D eigenvalue weighted by Gasteiger charge is -2.25. The van der Waals surface area contributed by atoms with Gasteiger partial charge in [0.25, 0.3) is 5.91 Å². The number of benzene rings is 1. The lowest BCUT2D eigenvalue weighted by molar-refractivity contribution is 0.0298. The second-order valence-corrected chi connectivity index (χ2v) is 6.03. The zero-order valence-electron chi connectivity index (χ0n) is 14.9. The quantitative estimate of drug-likeness (QED) is 0.701. The minimum atomic E-state index is -0.115. The van der Waals surface area contributed by atoms with Crippen molar-refractivity contribution in [3.63, 3.8) is 0 Å². The fraction of sp³-hybridized carbons (Fsp3) is 0.263. The Morgan fingerprint density at radius 3 is 2.52 bits per heavy atom. The van der Waals surface area contributed by atoms with Crippen LogP contribution in [0.15, 0.2) is 48.5 Å². The van der Waals surface area contributed by atoms with Gasteiger partial charge in [0.15, 0.2) is 11.5 Å². The van der Waals surface area contributed by atoms with E-state index in [1.165, 1.54) is 7.11 Å². The molecule has 0 unspecified atom stereocenters. The molecule has 1 saturated heterocycles. The van der Waals surface area contributed by atoms with Gasteiger partial charge in [-0.15, -0.1) is 10.2 Å². The van der Waals surface area contributed by atoms with Crippen molar-refractivity contribution in [2.24, 2.45) is 0 Å². The van der Waals surface area contributed by atoms with Crippen molar-refractivity contribution in [3.05, 3.63) is 54.2 Å². The molecule has 1 amide bonds. The molecule has 8 nitrogen and oxygen atoms in total. The molecule has 1 fully saturated rings. The average Bonchev–Trinajstić information content (AvgIpc) is 3.20. The molecular weight excluding hydrogens is 346 g/mol. The van der Waals surface area contributed by atoms with E-state index >= 15 is 0 Å². The SMILES string of the molecule is COc1ccc(-n2nc(C(=O)N3CCOCC3)cc2-c2ccccc2)nn1. The molecule has 0 radical (unpaired) electrons. The Bertz CT molecular complexity index is 918. The van der Waals surface area contributed by atoms with Crippen molar-refractivity contribution in [1.29, 1.82) is 0 Å². The summed E-state index contributed by atoms with van der Waals surface area (Å²) in [4.78, 5) is 14.6. The minimum Gasteiger partial charge on any atom is -0.480 e. The van der Waals surface area contributed by atoms with Crippen LogP contribution in [0.4, 0.5) is 0 Å². The van der Waals surface area contributed by atoms with E-state index in [4.69, 9.17) is 9.47 Å². The highest BCUT2D eigenvalue weighted by Gasteiger charge is 2.23. The van der Waals surface area contributed by atoms with E-state index in [1.54, 1.807) is 27.8 Å². The van der Waals surface area contributed by atoms with Gasteiger partial charge in [0.2, 0.25) is 5.88 Å². The molecule has 4 rings (SSSR count). The third-order valence-electron chi connectivity index (χ3n) is 4.35.